The quantitative estimate of drug-likeness (QED) is 0.855. The molecule has 1 aliphatic carbocycles. The number of hydrogen-bond donors (Lipinski definition) is 1. The van der Waals surface area contributed by atoms with Gasteiger partial charge in [0.05, 0.1) is 17.8 Å². The Labute approximate surface area is 119 Å². The van der Waals surface area contributed by atoms with Crippen molar-refractivity contribution in [3.8, 4) is 0 Å². The fourth-order valence-corrected chi connectivity index (χ4v) is 3.08. The predicted molar refractivity (Wildman–Crippen MR) is 77.5 cm³/mol. The van der Waals surface area contributed by atoms with E-state index in [4.69, 9.17) is 16.3 Å². The summed E-state index contributed by atoms with van der Waals surface area (Å²) in [5, 5.41) is 3.94. The molecule has 0 saturated heterocycles. The minimum absolute atomic E-state index is 0.127. The van der Waals surface area contributed by atoms with Crippen molar-refractivity contribution in [2.75, 3.05) is 12.4 Å². The number of carbonyl (C=O) groups excluding carboxylic acids is 1. The molecule has 1 N–H and O–H groups in total. The van der Waals surface area contributed by atoms with Crippen LogP contribution in [0.15, 0.2) is 24.3 Å². The Balaban J connectivity index is 2.31. The van der Waals surface area contributed by atoms with Gasteiger partial charge < -0.3 is 10.1 Å². The molecule has 0 aromatic heterocycles. The maximum absolute atomic E-state index is 12.2. The zero-order valence-corrected chi connectivity index (χ0v) is 12.4. The van der Waals surface area contributed by atoms with Crippen LogP contribution < -0.4 is 5.32 Å². The third-order valence-electron chi connectivity index (χ3n) is 3.83. The number of rotatable bonds is 3. The summed E-state index contributed by atoms with van der Waals surface area (Å²) < 4.78 is 5.00. The van der Waals surface area contributed by atoms with Crippen LogP contribution in [0.4, 0.5) is 5.69 Å². The van der Waals surface area contributed by atoms with Crippen molar-refractivity contribution in [3.63, 3.8) is 0 Å². The maximum atomic E-state index is 12.2. The van der Waals surface area contributed by atoms with Crippen LogP contribution in [0.25, 0.3) is 0 Å². The standard InChI is InChI=1S/C15H20ClNO2/c1-14(2)8-9-15(10-14,13(18)19-3)17-12-7-5-4-6-11(12)16/h4-7,17H,8-10H2,1-3H3. The molecule has 4 heteroatoms. The summed E-state index contributed by atoms with van der Waals surface area (Å²) in [4.78, 5) is 12.2. The van der Waals surface area contributed by atoms with Crippen LogP contribution in [0.2, 0.25) is 5.02 Å². The van der Waals surface area contributed by atoms with E-state index in [-0.39, 0.29) is 11.4 Å². The number of nitrogens with one attached hydrogen (secondary N) is 1. The van der Waals surface area contributed by atoms with E-state index in [1.165, 1.54) is 7.11 Å². The van der Waals surface area contributed by atoms with Crippen molar-refractivity contribution < 1.29 is 9.53 Å². The molecule has 0 radical (unpaired) electrons. The number of methoxy groups -OCH3 is 1. The van der Waals surface area contributed by atoms with Gasteiger partial charge in [-0.25, -0.2) is 4.79 Å². The topological polar surface area (TPSA) is 38.3 Å². The Morgan fingerprint density at radius 1 is 1.32 bits per heavy atom. The molecule has 1 aromatic rings. The Kier molecular flexibility index (Phi) is 3.77. The first-order chi connectivity index (χ1) is 8.88. The van der Waals surface area contributed by atoms with Gasteiger partial charge >= 0.3 is 5.97 Å². The smallest absolute Gasteiger partial charge is 0.331 e. The van der Waals surface area contributed by atoms with E-state index in [0.29, 0.717) is 5.02 Å². The van der Waals surface area contributed by atoms with Gasteiger partial charge in [-0.05, 0) is 36.8 Å². The summed E-state index contributed by atoms with van der Waals surface area (Å²) in [6.45, 7) is 4.35. The van der Waals surface area contributed by atoms with E-state index in [2.05, 4.69) is 19.2 Å². The molecular weight excluding hydrogens is 262 g/mol. The highest BCUT2D eigenvalue weighted by molar-refractivity contribution is 6.33. The van der Waals surface area contributed by atoms with E-state index in [1.54, 1.807) is 0 Å². The Bertz CT molecular complexity index is 487. The molecule has 1 fully saturated rings. The van der Waals surface area contributed by atoms with Gasteiger partial charge in [0, 0.05) is 0 Å². The first kappa shape index (κ1) is 14.2. The summed E-state index contributed by atoms with van der Waals surface area (Å²) in [5.41, 5.74) is 0.248. The monoisotopic (exact) mass is 281 g/mol. The molecular formula is C15H20ClNO2. The van der Waals surface area contributed by atoms with E-state index < -0.39 is 5.54 Å². The molecule has 0 heterocycles. The molecule has 104 valence electrons. The maximum Gasteiger partial charge on any atom is 0.331 e. The van der Waals surface area contributed by atoms with Gasteiger partial charge in [0.15, 0.2) is 0 Å². The van der Waals surface area contributed by atoms with Crippen LogP contribution in [0.1, 0.15) is 33.1 Å². The van der Waals surface area contributed by atoms with Crippen molar-refractivity contribution in [2.24, 2.45) is 5.41 Å². The third kappa shape index (κ3) is 2.86. The van der Waals surface area contributed by atoms with Gasteiger partial charge in [-0.3, -0.25) is 0 Å². The van der Waals surface area contributed by atoms with Crippen molar-refractivity contribution in [1.29, 1.82) is 0 Å². The number of carbonyl (C=O) groups is 1. The first-order valence-electron chi connectivity index (χ1n) is 6.50. The number of anilines is 1. The highest BCUT2D eigenvalue weighted by Gasteiger charge is 2.49. The number of ether oxygens (including phenoxy) is 1. The molecule has 0 bridgehead atoms. The Morgan fingerprint density at radius 2 is 2.00 bits per heavy atom. The fraction of sp³-hybridized carbons (Fsp3) is 0.533. The normalized spacial score (nSPS) is 25.1. The van der Waals surface area contributed by atoms with E-state index in [1.807, 2.05) is 24.3 Å². The van der Waals surface area contributed by atoms with Crippen LogP contribution in [0.5, 0.6) is 0 Å². The number of esters is 1. The lowest BCUT2D eigenvalue weighted by Gasteiger charge is -2.30. The number of halogens is 1. The molecule has 1 aliphatic rings. The average molecular weight is 282 g/mol. The summed E-state index contributed by atoms with van der Waals surface area (Å²) >= 11 is 6.17. The average Bonchev–Trinajstić information content (AvgIpc) is 2.68. The van der Waals surface area contributed by atoms with Crippen molar-refractivity contribution in [2.45, 2.75) is 38.6 Å². The molecule has 1 saturated carbocycles. The lowest BCUT2D eigenvalue weighted by molar-refractivity contribution is -0.146. The first-order valence-corrected chi connectivity index (χ1v) is 6.88. The summed E-state index contributed by atoms with van der Waals surface area (Å²) in [7, 11) is 1.43. The number of hydrogen-bond acceptors (Lipinski definition) is 3. The predicted octanol–water partition coefficient (Wildman–Crippen LogP) is 3.87. The van der Waals surface area contributed by atoms with Crippen molar-refractivity contribution >= 4 is 23.3 Å². The molecule has 0 spiro atoms. The van der Waals surface area contributed by atoms with Crippen molar-refractivity contribution in [1.82, 2.24) is 0 Å². The minimum Gasteiger partial charge on any atom is -0.467 e. The molecule has 19 heavy (non-hydrogen) atoms. The lowest BCUT2D eigenvalue weighted by atomic mass is 9.87. The summed E-state index contributed by atoms with van der Waals surface area (Å²) in [6, 6.07) is 7.48. The largest absolute Gasteiger partial charge is 0.467 e. The molecule has 2 rings (SSSR count). The van der Waals surface area contributed by atoms with Gasteiger partial charge in [-0.1, -0.05) is 37.6 Å². The Hall–Kier alpha value is -1.22. The zero-order chi connectivity index (χ0) is 14.1. The van der Waals surface area contributed by atoms with Crippen LogP contribution in [0, 0.1) is 5.41 Å². The molecule has 1 unspecified atom stereocenters. The van der Waals surface area contributed by atoms with Crippen LogP contribution in [0.3, 0.4) is 0 Å². The molecule has 0 aliphatic heterocycles. The van der Waals surface area contributed by atoms with Crippen LogP contribution in [-0.4, -0.2) is 18.6 Å². The number of para-hydroxylation sites is 1. The third-order valence-corrected chi connectivity index (χ3v) is 4.16. The highest BCUT2D eigenvalue weighted by atomic mass is 35.5. The van der Waals surface area contributed by atoms with Gasteiger partial charge in [-0.15, -0.1) is 0 Å². The lowest BCUT2D eigenvalue weighted by Crippen LogP contribution is -2.45. The van der Waals surface area contributed by atoms with Gasteiger partial charge in [-0.2, -0.15) is 0 Å². The molecule has 1 aromatic carbocycles. The second-order valence-corrected chi connectivity index (χ2v) is 6.43. The zero-order valence-electron chi connectivity index (χ0n) is 11.6. The fourth-order valence-electron chi connectivity index (χ4n) is 2.89. The number of benzene rings is 1. The van der Waals surface area contributed by atoms with Crippen molar-refractivity contribution in [3.05, 3.63) is 29.3 Å². The molecule has 3 nitrogen and oxygen atoms in total. The van der Waals surface area contributed by atoms with Crippen LogP contribution >= 0.6 is 11.6 Å². The molecule has 1 atom stereocenters. The summed E-state index contributed by atoms with van der Waals surface area (Å²) in [6.07, 6.45) is 2.50. The SMILES string of the molecule is COC(=O)C1(Nc2ccccc2Cl)CCC(C)(C)C1. The summed E-state index contributed by atoms with van der Waals surface area (Å²) in [5.74, 6) is -0.210. The second kappa shape index (κ2) is 5.04. The van der Waals surface area contributed by atoms with E-state index >= 15 is 0 Å². The highest BCUT2D eigenvalue weighted by Crippen LogP contribution is 2.46. The minimum atomic E-state index is -0.663. The molecule has 0 amide bonds. The van der Waals surface area contributed by atoms with Gasteiger partial charge in [0.25, 0.3) is 0 Å². The van der Waals surface area contributed by atoms with Gasteiger partial charge in [0.1, 0.15) is 5.54 Å². The van der Waals surface area contributed by atoms with E-state index in [0.717, 1.165) is 24.9 Å². The Morgan fingerprint density at radius 3 is 2.53 bits per heavy atom. The second-order valence-electron chi connectivity index (χ2n) is 6.02. The van der Waals surface area contributed by atoms with E-state index in [9.17, 15) is 4.79 Å². The van der Waals surface area contributed by atoms with Gasteiger partial charge in [0.2, 0.25) is 0 Å². The van der Waals surface area contributed by atoms with Crippen LogP contribution in [-0.2, 0) is 9.53 Å².